The number of anilines is 1. The van der Waals surface area contributed by atoms with Crippen LogP contribution in [0, 0.1) is 0 Å². The summed E-state index contributed by atoms with van der Waals surface area (Å²) in [4.78, 5) is 9.31. The summed E-state index contributed by atoms with van der Waals surface area (Å²) in [6, 6.07) is 0. The molecule has 19 heavy (non-hydrogen) atoms. The normalized spacial score (nSPS) is 24.5. The molecule has 0 aliphatic carbocycles. The Balaban J connectivity index is 2.44. The van der Waals surface area contributed by atoms with E-state index in [0.717, 1.165) is 21.7 Å². The van der Waals surface area contributed by atoms with E-state index < -0.39 is 0 Å². The van der Waals surface area contributed by atoms with Crippen molar-refractivity contribution >= 4 is 45.3 Å². The predicted octanol–water partition coefficient (Wildman–Crippen LogP) is 4.03. The Morgan fingerprint density at radius 2 is 1.84 bits per heavy atom. The Hall–Kier alpha value is 0.0600. The maximum absolute atomic E-state index is 6.06. The van der Waals surface area contributed by atoms with Crippen molar-refractivity contribution in [2.45, 2.75) is 43.6 Å². The second-order valence-corrected chi connectivity index (χ2v) is 9.27. The van der Waals surface area contributed by atoms with Crippen LogP contribution in [0.5, 0.6) is 0 Å². The fourth-order valence-electron chi connectivity index (χ4n) is 2.02. The molecule has 106 valence electrons. The molecule has 0 amide bonds. The summed E-state index contributed by atoms with van der Waals surface area (Å²) in [7, 11) is 0. The second-order valence-electron chi connectivity index (χ2n) is 5.75. The fourth-order valence-corrected chi connectivity index (χ4v) is 5.48. The fraction of sp³-hybridized carbons (Fsp3) is 0.692. The Labute approximate surface area is 132 Å². The van der Waals surface area contributed by atoms with Crippen LogP contribution in [0.4, 0.5) is 5.82 Å². The van der Waals surface area contributed by atoms with Crippen LogP contribution in [0.25, 0.3) is 0 Å². The predicted molar refractivity (Wildman–Crippen MR) is 90.0 cm³/mol. The molecule has 1 aromatic heterocycles. The van der Waals surface area contributed by atoms with Gasteiger partial charge in [-0.05, 0) is 15.9 Å². The van der Waals surface area contributed by atoms with Gasteiger partial charge in [0.1, 0.15) is 11.6 Å². The van der Waals surface area contributed by atoms with E-state index in [-0.39, 0.29) is 5.41 Å². The largest absolute Gasteiger partial charge is 0.383 e. The highest BCUT2D eigenvalue weighted by molar-refractivity contribution is 9.10. The zero-order chi connectivity index (χ0) is 14.2. The summed E-state index contributed by atoms with van der Waals surface area (Å²) in [6.45, 7) is 8.69. The standard InChI is InChI=1S/C13H20BrN3S2/c1-7-9(19-6-5-18-7)12-16-10(13(2,3)4)8(14)11(15)17-12/h7,9H,5-6H2,1-4H3,(H2,15,16,17). The van der Waals surface area contributed by atoms with Crippen molar-refractivity contribution in [3.05, 3.63) is 16.0 Å². The minimum absolute atomic E-state index is 0.0413. The van der Waals surface area contributed by atoms with Crippen molar-refractivity contribution in [1.29, 1.82) is 0 Å². The molecule has 1 aromatic rings. The van der Waals surface area contributed by atoms with Crippen LogP contribution in [-0.4, -0.2) is 26.7 Å². The molecular formula is C13H20BrN3S2. The first-order chi connectivity index (χ1) is 8.80. The second kappa shape index (κ2) is 5.82. The molecule has 2 rings (SSSR count). The van der Waals surface area contributed by atoms with Gasteiger partial charge in [0, 0.05) is 22.2 Å². The summed E-state index contributed by atoms with van der Waals surface area (Å²) >= 11 is 7.46. The smallest absolute Gasteiger partial charge is 0.145 e. The lowest BCUT2D eigenvalue weighted by atomic mass is 9.92. The molecule has 2 N–H and O–H groups in total. The Morgan fingerprint density at radius 3 is 2.42 bits per heavy atom. The van der Waals surface area contributed by atoms with Gasteiger partial charge in [-0.15, -0.1) is 11.8 Å². The van der Waals surface area contributed by atoms with E-state index in [2.05, 4.69) is 48.6 Å². The Bertz CT molecular complexity index is 474. The molecule has 1 fully saturated rings. The summed E-state index contributed by atoms with van der Waals surface area (Å²) in [5.41, 5.74) is 7.01. The molecule has 0 saturated carbocycles. The number of thioether (sulfide) groups is 2. The molecule has 2 unspecified atom stereocenters. The van der Waals surface area contributed by atoms with Crippen LogP contribution >= 0.6 is 39.5 Å². The average Bonchev–Trinajstić information content (AvgIpc) is 2.31. The molecule has 1 aliphatic heterocycles. The number of rotatable bonds is 1. The van der Waals surface area contributed by atoms with Gasteiger partial charge in [0.25, 0.3) is 0 Å². The van der Waals surface area contributed by atoms with Gasteiger partial charge in [0.05, 0.1) is 15.4 Å². The van der Waals surface area contributed by atoms with E-state index >= 15 is 0 Å². The minimum Gasteiger partial charge on any atom is -0.383 e. The van der Waals surface area contributed by atoms with E-state index in [1.54, 1.807) is 0 Å². The highest BCUT2D eigenvalue weighted by Gasteiger charge is 2.30. The summed E-state index contributed by atoms with van der Waals surface area (Å²) in [5, 5.41) is 0.877. The van der Waals surface area contributed by atoms with Gasteiger partial charge in [0.15, 0.2) is 0 Å². The number of aromatic nitrogens is 2. The molecule has 0 bridgehead atoms. The summed E-state index contributed by atoms with van der Waals surface area (Å²) < 4.78 is 0.838. The molecule has 1 saturated heterocycles. The minimum atomic E-state index is -0.0413. The van der Waals surface area contributed by atoms with Gasteiger partial charge in [-0.1, -0.05) is 27.7 Å². The topological polar surface area (TPSA) is 51.8 Å². The SMILES string of the molecule is CC1SCCSC1c1nc(N)c(Br)c(C(C)(C)C)n1. The zero-order valence-corrected chi connectivity index (χ0v) is 15.0. The highest BCUT2D eigenvalue weighted by Crippen LogP contribution is 2.42. The van der Waals surface area contributed by atoms with Gasteiger partial charge in [0.2, 0.25) is 0 Å². The third-order valence-electron chi connectivity index (χ3n) is 3.05. The zero-order valence-electron chi connectivity index (χ0n) is 11.7. The van der Waals surface area contributed by atoms with Crippen molar-refractivity contribution in [3.8, 4) is 0 Å². The maximum atomic E-state index is 6.06. The van der Waals surface area contributed by atoms with E-state index in [1.807, 2.05) is 23.5 Å². The highest BCUT2D eigenvalue weighted by atomic mass is 79.9. The lowest BCUT2D eigenvalue weighted by Crippen LogP contribution is -2.23. The lowest BCUT2D eigenvalue weighted by Gasteiger charge is -2.28. The van der Waals surface area contributed by atoms with Gasteiger partial charge in [-0.25, -0.2) is 9.97 Å². The maximum Gasteiger partial charge on any atom is 0.145 e. The molecule has 2 heterocycles. The summed E-state index contributed by atoms with van der Waals surface area (Å²) in [5.74, 6) is 3.80. The first-order valence-electron chi connectivity index (χ1n) is 6.37. The molecule has 3 nitrogen and oxygen atoms in total. The number of hydrogen-bond donors (Lipinski definition) is 1. The Kier molecular flexibility index (Phi) is 4.73. The van der Waals surface area contributed by atoms with Crippen molar-refractivity contribution in [2.24, 2.45) is 0 Å². The summed E-state index contributed by atoms with van der Waals surface area (Å²) in [6.07, 6.45) is 0. The number of hydrogen-bond acceptors (Lipinski definition) is 5. The third-order valence-corrected chi connectivity index (χ3v) is 6.92. The van der Waals surface area contributed by atoms with Crippen LogP contribution in [0.3, 0.4) is 0 Å². The van der Waals surface area contributed by atoms with Crippen molar-refractivity contribution in [1.82, 2.24) is 9.97 Å². The first-order valence-corrected chi connectivity index (χ1v) is 9.26. The van der Waals surface area contributed by atoms with Crippen molar-refractivity contribution < 1.29 is 0 Å². The van der Waals surface area contributed by atoms with Gasteiger partial charge in [-0.2, -0.15) is 11.8 Å². The van der Waals surface area contributed by atoms with Crippen molar-refractivity contribution in [2.75, 3.05) is 17.2 Å². The van der Waals surface area contributed by atoms with Gasteiger partial charge < -0.3 is 5.73 Å². The van der Waals surface area contributed by atoms with Crippen LogP contribution in [0.2, 0.25) is 0 Å². The van der Waals surface area contributed by atoms with Crippen LogP contribution in [0.15, 0.2) is 4.47 Å². The van der Waals surface area contributed by atoms with E-state index in [1.165, 1.54) is 5.75 Å². The number of nitrogens with two attached hydrogens (primary N) is 1. The third kappa shape index (κ3) is 3.39. The molecule has 6 heteroatoms. The van der Waals surface area contributed by atoms with Crippen molar-refractivity contribution in [3.63, 3.8) is 0 Å². The van der Waals surface area contributed by atoms with Gasteiger partial charge >= 0.3 is 0 Å². The van der Waals surface area contributed by atoms with E-state index in [4.69, 9.17) is 10.7 Å². The van der Waals surface area contributed by atoms with E-state index in [0.29, 0.717) is 16.3 Å². The van der Waals surface area contributed by atoms with Crippen LogP contribution in [-0.2, 0) is 5.41 Å². The number of nitrogens with zero attached hydrogens (tertiary/aromatic N) is 2. The van der Waals surface area contributed by atoms with Crippen LogP contribution in [0.1, 0.15) is 44.5 Å². The first kappa shape index (κ1) is 15.4. The van der Waals surface area contributed by atoms with E-state index in [9.17, 15) is 0 Å². The Morgan fingerprint density at radius 1 is 1.21 bits per heavy atom. The molecule has 1 aliphatic rings. The number of halogens is 1. The van der Waals surface area contributed by atoms with Gasteiger partial charge in [-0.3, -0.25) is 0 Å². The molecule has 0 radical (unpaired) electrons. The molecule has 0 aromatic carbocycles. The number of nitrogen functional groups attached to an aromatic ring is 1. The van der Waals surface area contributed by atoms with Crippen LogP contribution < -0.4 is 5.73 Å². The quantitative estimate of drug-likeness (QED) is 0.818. The average molecular weight is 362 g/mol. The molecule has 2 atom stereocenters. The lowest BCUT2D eigenvalue weighted by molar-refractivity contribution is 0.557. The molecular weight excluding hydrogens is 342 g/mol. The monoisotopic (exact) mass is 361 g/mol. The molecule has 0 spiro atoms.